The molecule has 0 amide bonds. The monoisotopic (exact) mass is 296 g/mol. The third-order valence-electron chi connectivity index (χ3n) is 1.19. The lowest BCUT2D eigenvalue weighted by atomic mass is 10.4. The average Bonchev–Trinajstić information content (AvgIpc) is 2.03. The summed E-state index contributed by atoms with van der Waals surface area (Å²) in [7, 11) is 0. The molecule has 0 aliphatic carbocycles. The van der Waals surface area contributed by atoms with Crippen molar-refractivity contribution in [2.45, 2.75) is 0 Å². The molecule has 0 aliphatic heterocycles. The Hall–Kier alpha value is -0.160. The Labute approximate surface area is 86.8 Å². The molecule has 12 heavy (non-hydrogen) atoms. The Kier molecular flexibility index (Phi) is 3.94. The van der Waals surface area contributed by atoms with E-state index in [1.54, 1.807) is 6.20 Å². The minimum Gasteiger partial charge on any atom is -0.367 e. The second-order valence-electron chi connectivity index (χ2n) is 2.10. The molecule has 66 valence electrons. The van der Waals surface area contributed by atoms with Crippen LogP contribution in [0.15, 0.2) is 21.2 Å². The molecular formula is C7H7Br2FN2. The Balaban J connectivity index is 2.72. The molecule has 1 aromatic heterocycles. The van der Waals surface area contributed by atoms with Crippen LogP contribution in [0.5, 0.6) is 0 Å². The van der Waals surface area contributed by atoms with Gasteiger partial charge in [-0.3, -0.25) is 0 Å². The molecular weight excluding hydrogens is 291 g/mol. The van der Waals surface area contributed by atoms with Crippen molar-refractivity contribution >= 4 is 37.7 Å². The van der Waals surface area contributed by atoms with Gasteiger partial charge >= 0.3 is 0 Å². The number of rotatable bonds is 3. The summed E-state index contributed by atoms with van der Waals surface area (Å²) in [5.41, 5.74) is 0. The zero-order valence-corrected chi connectivity index (χ0v) is 9.32. The Morgan fingerprint density at radius 3 is 2.83 bits per heavy atom. The maximum Gasteiger partial charge on any atom is 0.140 e. The number of aromatic nitrogens is 1. The van der Waals surface area contributed by atoms with Crippen LogP contribution in [-0.2, 0) is 0 Å². The number of anilines is 1. The van der Waals surface area contributed by atoms with Crippen LogP contribution >= 0.6 is 31.9 Å². The van der Waals surface area contributed by atoms with E-state index in [-0.39, 0.29) is 6.54 Å². The topological polar surface area (TPSA) is 24.9 Å². The minimum atomic E-state index is -0.399. The van der Waals surface area contributed by atoms with Gasteiger partial charge in [0.2, 0.25) is 0 Å². The van der Waals surface area contributed by atoms with Crippen LogP contribution in [0.3, 0.4) is 0 Å². The molecule has 0 unspecified atom stereocenters. The maximum atomic E-state index is 11.8. The molecule has 1 aromatic rings. The van der Waals surface area contributed by atoms with Crippen LogP contribution in [0.4, 0.5) is 10.2 Å². The second-order valence-corrected chi connectivity index (χ2v) is 3.87. The van der Waals surface area contributed by atoms with Gasteiger partial charge in [0.05, 0.1) is 4.47 Å². The first-order valence-electron chi connectivity index (χ1n) is 3.35. The van der Waals surface area contributed by atoms with E-state index in [4.69, 9.17) is 0 Å². The van der Waals surface area contributed by atoms with Crippen LogP contribution in [0.2, 0.25) is 0 Å². The van der Waals surface area contributed by atoms with E-state index < -0.39 is 6.67 Å². The predicted octanol–water partition coefficient (Wildman–Crippen LogP) is 2.99. The van der Waals surface area contributed by atoms with Gasteiger partial charge in [-0.15, -0.1) is 0 Å². The summed E-state index contributed by atoms with van der Waals surface area (Å²) in [6.07, 6.45) is 1.66. The van der Waals surface area contributed by atoms with Crippen molar-refractivity contribution in [2.75, 3.05) is 18.5 Å². The highest BCUT2D eigenvalue weighted by Gasteiger charge is 2.00. The van der Waals surface area contributed by atoms with Gasteiger partial charge in [-0.25, -0.2) is 9.37 Å². The van der Waals surface area contributed by atoms with Gasteiger partial charge in [-0.1, -0.05) is 0 Å². The maximum absolute atomic E-state index is 11.8. The quantitative estimate of drug-likeness (QED) is 0.928. The van der Waals surface area contributed by atoms with E-state index in [9.17, 15) is 4.39 Å². The second kappa shape index (κ2) is 4.77. The van der Waals surface area contributed by atoms with E-state index in [1.807, 2.05) is 6.07 Å². The van der Waals surface area contributed by atoms with Crippen LogP contribution in [0, 0.1) is 0 Å². The molecule has 1 rings (SSSR count). The molecule has 2 nitrogen and oxygen atoms in total. The van der Waals surface area contributed by atoms with E-state index >= 15 is 0 Å². The Morgan fingerprint density at radius 1 is 1.50 bits per heavy atom. The number of nitrogens with zero attached hydrogens (tertiary/aromatic N) is 1. The SMILES string of the molecule is FCCNc1ncc(Br)cc1Br. The smallest absolute Gasteiger partial charge is 0.140 e. The lowest BCUT2D eigenvalue weighted by molar-refractivity contribution is 0.512. The molecule has 0 saturated heterocycles. The van der Waals surface area contributed by atoms with Gasteiger partial charge in [-0.2, -0.15) is 0 Å². The number of alkyl halides is 1. The van der Waals surface area contributed by atoms with Gasteiger partial charge in [0.1, 0.15) is 12.5 Å². The van der Waals surface area contributed by atoms with Crippen molar-refractivity contribution in [2.24, 2.45) is 0 Å². The summed E-state index contributed by atoms with van der Waals surface area (Å²) in [6.45, 7) is -0.114. The summed E-state index contributed by atoms with van der Waals surface area (Å²) in [4.78, 5) is 4.04. The molecule has 1 N–H and O–H groups in total. The lowest BCUT2D eigenvalue weighted by Crippen LogP contribution is -2.04. The normalized spacial score (nSPS) is 9.92. The molecule has 0 spiro atoms. The number of hydrogen-bond donors (Lipinski definition) is 1. The third kappa shape index (κ3) is 2.71. The lowest BCUT2D eigenvalue weighted by Gasteiger charge is -2.04. The molecule has 5 heteroatoms. The summed E-state index contributed by atoms with van der Waals surface area (Å²) >= 11 is 6.57. The standard InChI is InChI=1S/C7H7Br2FN2/c8-5-3-6(9)7(12-4-5)11-2-1-10/h3-4H,1-2H2,(H,11,12). The van der Waals surface area contributed by atoms with Crippen molar-refractivity contribution in [3.8, 4) is 0 Å². The van der Waals surface area contributed by atoms with Crippen LogP contribution in [-0.4, -0.2) is 18.2 Å². The largest absolute Gasteiger partial charge is 0.367 e. The molecule has 0 fully saturated rings. The number of hydrogen-bond acceptors (Lipinski definition) is 2. The summed E-state index contributed by atoms with van der Waals surface area (Å²) in [5, 5.41) is 2.84. The van der Waals surface area contributed by atoms with Gasteiger partial charge in [0.25, 0.3) is 0 Å². The van der Waals surface area contributed by atoms with E-state index in [0.717, 1.165) is 8.95 Å². The van der Waals surface area contributed by atoms with Gasteiger partial charge in [0.15, 0.2) is 0 Å². The average molecular weight is 298 g/mol. The van der Waals surface area contributed by atoms with E-state index in [0.29, 0.717) is 5.82 Å². The molecule has 0 aliphatic rings. The van der Waals surface area contributed by atoms with Gasteiger partial charge in [-0.05, 0) is 37.9 Å². The number of nitrogens with one attached hydrogen (secondary N) is 1. The first-order valence-corrected chi connectivity index (χ1v) is 4.93. The highest BCUT2D eigenvalue weighted by molar-refractivity contribution is 9.11. The van der Waals surface area contributed by atoms with Gasteiger partial charge in [0, 0.05) is 17.2 Å². The molecule has 0 saturated carbocycles. The van der Waals surface area contributed by atoms with E-state index in [2.05, 4.69) is 42.2 Å². The fourth-order valence-electron chi connectivity index (χ4n) is 0.710. The van der Waals surface area contributed by atoms with Crippen molar-refractivity contribution in [1.82, 2.24) is 4.98 Å². The summed E-state index contributed by atoms with van der Waals surface area (Å²) < 4.78 is 13.5. The minimum absolute atomic E-state index is 0.285. The van der Waals surface area contributed by atoms with Crippen molar-refractivity contribution < 1.29 is 4.39 Å². The molecule has 1 heterocycles. The zero-order valence-electron chi connectivity index (χ0n) is 6.15. The van der Waals surface area contributed by atoms with Crippen molar-refractivity contribution in [3.05, 3.63) is 21.2 Å². The molecule has 0 radical (unpaired) electrons. The molecule has 0 atom stereocenters. The third-order valence-corrected chi connectivity index (χ3v) is 2.23. The molecule has 0 bridgehead atoms. The number of pyridine rings is 1. The molecule has 0 aromatic carbocycles. The van der Waals surface area contributed by atoms with Crippen molar-refractivity contribution in [1.29, 1.82) is 0 Å². The van der Waals surface area contributed by atoms with Crippen LogP contribution in [0.25, 0.3) is 0 Å². The Bertz CT molecular complexity index is 268. The zero-order chi connectivity index (χ0) is 8.97. The first-order chi connectivity index (χ1) is 5.74. The van der Waals surface area contributed by atoms with Crippen molar-refractivity contribution in [3.63, 3.8) is 0 Å². The number of halogens is 3. The fourth-order valence-corrected chi connectivity index (χ4v) is 1.84. The highest BCUT2D eigenvalue weighted by Crippen LogP contribution is 2.22. The summed E-state index contributed by atoms with van der Waals surface area (Å²) in [5.74, 6) is 0.663. The predicted molar refractivity (Wildman–Crippen MR) is 54.1 cm³/mol. The van der Waals surface area contributed by atoms with Crippen LogP contribution < -0.4 is 5.32 Å². The highest BCUT2D eigenvalue weighted by atomic mass is 79.9. The first kappa shape index (κ1) is 9.92. The fraction of sp³-hybridized carbons (Fsp3) is 0.286. The Morgan fingerprint density at radius 2 is 2.25 bits per heavy atom. The van der Waals surface area contributed by atoms with Gasteiger partial charge < -0.3 is 5.32 Å². The van der Waals surface area contributed by atoms with E-state index in [1.165, 1.54) is 0 Å². The summed E-state index contributed by atoms with van der Waals surface area (Å²) in [6, 6.07) is 1.85. The van der Waals surface area contributed by atoms with Crippen LogP contribution in [0.1, 0.15) is 0 Å².